The zero-order valence-corrected chi connectivity index (χ0v) is 13.9. The Balaban J connectivity index is 1.53. The molecule has 0 aliphatic rings. The molecule has 0 radical (unpaired) electrons. The molecule has 126 valence electrons. The lowest BCUT2D eigenvalue weighted by Crippen LogP contribution is -2.23. The minimum atomic E-state index is -0.194. The Morgan fingerprint density at radius 2 is 1.80 bits per heavy atom. The summed E-state index contributed by atoms with van der Waals surface area (Å²) in [7, 11) is 0. The first-order chi connectivity index (χ1) is 12.2. The molecule has 3 aromatic rings. The number of carbonyl (C=O) groups excluding carboxylic acids is 1. The summed E-state index contributed by atoms with van der Waals surface area (Å²) >= 11 is 0. The number of anilines is 1. The third kappa shape index (κ3) is 4.84. The summed E-state index contributed by atoms with van der Waals surface area (Å²) in [4.78, 5) is 24.6. The molecular weight excluding hydrogens is 314 g/mol. The van der Waals surface area contributed by atoms with E-state index in [1.54, 1.807) is 12.4 Å². The van der Waals surface area contributed by atoms with Gasteiger partial charge < -0.3 is 10.6 Å². The number of benzene rings is 1. The molecule has 2 N–H and O–H groups in total. The average Bonchev–Trinajstić information content (AvgIpc) is 2.66. The molecule has 0 aliphatic carbocycles. The first kappa shape index (κ1) is 16.6. The van der Waals surface area contributed by atoms with E-state index < -0.39 is 0 Å². The molecule has 0 unspecified atom stereocenters. The van der Waals surface area contributed by atoms with Gasteiger partial charge in [0.15, 0.2) is 0 Å². The predicted molar refractivity (Wildman–Crippen MR) is 95.9 cm³/mol. The van der Waals surface area contributed by atoms with Crippen LogP contribution in [0.2, 0.25) is 0 Å². The Hall–Kier alpha value is -3.28. The quantitative estimate of drug-likeness (QED) is 0.725. The first-order valence-electron chi connectivity index (χ1n) is 7.99. The van der Waals surface area contributed by atoms with Gasteiger partial charge in [0.2, 0.25) is 5.95 Å². The van der Waals surface area contributed by atoms with Crippen LogP contribution in [0.4, 0.5) is 5.95 Å². The highest BCUT2D eigenvalue weighted by atomic mass is 16.1. The zero-order chi connectivity index (χ0) is 17.5. The minimum absolute atomic E-state index is 0.194. The summed E-state index contributed by atoms with van der Waals surface area (Å²) in [5.74, 6) is 0.277. The molecule has 2 heterocycles. The number of nitrogens with one attached hydrogen (secondary N) is 2. The normalized spacial score (nSPS) is 10.3. The summed E-state index contributed by atoms with van der Waals surface area (Å²) in [5, 5.41) is 5.97. The summed E-state index contributed by atoms with van der Waals surface area (Å²) in [6, 6.07) is 11.9. The van der Waals surface area contributed by atoms with Crippen LogP contribution in [-0.4, -0.2) is 20.9 Å². The second kappa shape index (κ2) is 8.01. The van der Waals surface area contributed by atoms with Crippen LogP contribution in [-0.2, 0) is 13.1 Å². The van der Waals surface area contributed by atoms with E-state index in [0.717, 1.165) is 11.1 Å². The van der Waals surface area contributed by atoms with Gasteiger partial charge in [-0.05, 0) is 24.1 Å². The van der Waals surface area contributed by atoms with Crippen LogP contribution >= 0.6 is 0 Å². The lowest BCUT2D eigenvalue weighted by atomic mass is 10.1. The molecule has 1 amide bonds. The van der Waals surface area contributed by atoms with Gasteiger partial charge >= 0.3 is 0 Å². The first-order valence-corrected chi connectivity index (χ1v) is 7.99. The number of pyridine rings is 1. The highest BCUT2D eigenvalue weighted by Crippen LogP contribution is 2.06. The SMILES string of the molecule is Cc1cccc(CNC(=O)c2cnc(NCc3cccnc3)nc2)c1. The van der Waals surface area contributed by atoms with E-state index in [0.29, 0.717) is 24.6 Å². The maximum Gasteiger partial charge on any atom is 0.254 e. The van der Waals surface area contributed by atoms with Crippen molar-refractivity contribution >= 4 is 11.9 Å². The monoisotopic (exact) mass is 333 g/mol. The number of aryl methyl sites for hydroxylation is 1. The number of hydrogen-bond acceptors (Lipinski definition) is 5. The van der Waals surface area contributed by atoms with Gasteiger partial charge in [-0.25, -0.2) is 9.97 Å². The van der Waals surface area contributed by atoms with Crippen molar-refractivity contribution < 1.29 is 4.79 Å². The fourth-order valence-electron chi connectivity index (χ4n) is 2.33. The van der Waals surface area contributed by atoms with Gasteiger partial charge in [0.05, 0.1) is 5.56 Å². The summed E-state index contributed by atoms with van der Waals surface area (Å²) in [6.45, 7) is 3.07. The van der Waals surface area contributed by atoms with Crippen molar-refractivity contribution in [1.82, 2.24) is 20.3 Å². The van der Waals surface area contributed by atoms with Crippen LogP contribution in [0.25, 0.3) is 0 Å². The van der Waals surface area contributed by atoms with E-state index in [4.69, 9.17) is 0 Å². The fraction of sp³-hybridized carbons (Fsp3) is 0.158. The van der Waals surface area contributed by atoms with Crippen LogP contribution in [0.1, 0.15) is 27.0 Å². The largest absolute Gasteiger partial charge is 0.350 e. The van der Waals surface area contributed by atoms with Crippen molar-refractivity contribution in [3.8, 4) is 0 Å². The maximum absolute atomic E-state index is 12.2. The molecule has 2 aromatic heterocycles. The van der Waals surface area contributed by atoms with E-state index >= 15 is 0 Å². The van der Waals surface area contributed by atoms with Gasteiger partial charge in [-0.1, -0.05) is 35.9 Å². The van der Waals surface area contributed by atoms with E-state index in [-0.39, 0.29) is 5.91 Å². The van der Waals surface area contributed by atoms with Crippen molar-refractivity contribution in [2.75, 3.05) is 5.32 Å². The number of carbonyl (C=O) groups is 1. The van der Waals surface area contributed by atoms with E-state index in [9.17, 15) is 4.79 Å². The molecule has 0 saturated heterocycles. The molecule has 0 aliphatic heterocycles. The zero-order valence-electron chi connectivity index (χ0n) is 13.9. The third-order valence-electron chi connectivity index (χ3n) is 3.62. The minimum Gasteiger partial charge on any atom is -0.350 e. The number of rotatable bonds is 6. The smallest absolute Gasteiger partial charge is 0.254 e. The Morgan fingerprint density at radius 1 is 1.00 bits per heavy atom. The number of hydrogen-bond donors (Lipinski definition) is 2. The van der Waals surface area contributed by atoms with Crippen LogP contribution in [0.5, 0.6) is 0 Å². The van der Waals surface area contributed by atoms with E-state index in [1.807, 2.05) is 43.3 Å². The Bertz CT molecular complexity index is 834. The van der Waals surface area contributed by atoms with Gasteiger partial charge in [-0.3, -0.25) is 9.78 Å². The Labute approximate surface area is 146 Å². The van der Waals surface area contributed by atoms with Crippen LogP contribution in [0, 0.1) is 6.92 Å². The second-order valence-electron chi connectivity index (χ2n) is 5.68. The van der Waals surface area contributed by atoms with Gasteiger partial charge in [-0.2, -0.15) is 0 Å². The number of amides is 1. The van der Waals surface area contributed by atoms with Crippen molar-refractivity contribution in [2.45, 2.75) is 20.0 Å². The Kier molecular flexibility index (Phi) is 5.31. The topological polar surface area (TPSA) is 79.8 Å². The average molecular weight is 333 g/mol. The molecule has 0 fully saturated rings. The molecule has 0 bridgehead atoms. The van der Waals surface area contributed by atoms with E-state index in [2.05, 4.69) is 25.6 Å². The van der Waals surface area contributed by atoms with Gasteiger partial charge in [-0.15, -0.1) is 0 Å². The summed E-state index contributed by atoms with van der Waals surface area (Å²) in [6.07, 6.45) is 6.54. The van der Waals surface area contributed by atoms with Crippen LogP contribution < -0.4 is 10.6 Å². The van der Waals surface area contributed by atoms with Gasteiger partial charge in [0.1, 0.15) is 0 Å². The number of aromatic nitrogens is 3. The molecule has 0 spiro atoms. The Morgan fingerprint density at radius 3 is 2.52 bits per heavy atom. The van der Waals surface area contributed by atoms with Gasteiger partial charge in [0.25, 0.3) is 5.91 Å². The lowest BCUT2D eigenvalue weighted by Gasteiger charge is -2.07. The standard InChI is InChI=1S/C19H19N5O/c1-14-4-2-5-15(8-14)10-21-18(25)17-12-23-19(24-13-17)22-11-16-6-3-7-20-9-16/h2-9,12-13H,10-11H2,1H3,(H,21,25)(H,22,23,24). The molecule has 1 aromatic carbocycles. The van der Waals surface area contributed by atoms with Gasteiger partial charge in [0, 0.05) is 37.9 Å². The van der Waals surface area contributed by atoms with Crippen LogP contribution in [0.15, 0.2) is 61.2 Å². The highest BCUT2D eigenvalue weighted by molar-refractivity contribution is 5.93. The molecule has 6 nitrogen and oxygen atoms in total. The predicted octanol–water partition coefficient (Wildman–Crippen LogP) is 2.72. The molecule has 3 rings (SSSR count). The highest BCUT2D eigenvalue weighted by Gasteiger charge is 2.07. The molecular formula is C19H19N5O. The molecule has 0 atom stereocenters. The van der Waals surface area contributed by atoms with E-state index in [1.165, 1.54) is 18.0 Å². The van der Waals surface area contributed by atoms with Crippen LogP contribution in [0.3, 0.4) is 0 Å². The van der Waals surface area contributed by atoms with Crippen molar-refractivity contribution in [3.05, 3.63) is 83.4 Å². The summed E-state index contributed by atoms with van der Waals surface area (Å²) in [5.41, 5.74) is 3.69. The third-order valence-corrected chi connectivity index (χ3v) is 3.62. The molecule has 6 heteroatoms. The van der Waals surface area contributed by atoms with Crippen molar-refractivity contribution in [2.24, 2.45) is 0 Å². The fourth-order valence-corrected chi connectivity index (χ4v) is 2.33. The summed E-state index contributed by atoms with van der Waals surface area (Å²) < 4.78 is 0. The van der Waals surface area contributed by atoms with Crippen molar-refractivity contribution in [3.63, 3.8) is 0 Å². The molecule has 25 heavy (non-hydrogen) atoms. The number of nitrogens with zero attached hydrogens (tertiary/aromatic N) is 3. The second-order valence-corrected chi connectivity index (χ2v) is 5.68. The molecule has 0 saturated carbocycles. The maximum atomic E-state index is 12.2. The van der Waals surface area contributed by atoms with Crippen molar-refractivity contribution in [1.29, 1.82) is 0 Å². The lowest BCUT2D eigenvalue weighted by molar-refractivity contribution is 0.0950.